The Hall–Kier alpha value is -1.42. The molecule has 0 saturated carbocycles. The van der Waals surface area contributed by atoms with Gasteiger partial charge in [0, 0.05) is 24.7 Å². The van der Waals surface area contributed by atoms with Crippen LogP contribution >= 0.6 is 12.4 Å². The monoisotopic (exact) mass is 241 g/mol. The van der Waals surface area contributed by atoms with Crippen LogP contribution < -0.4 is 5.32 Å². The topological polar surface area (TPSA) is 43.0 Å². The van der Waals surface area contributed by atoms with Crippen molar-refractivity contribution >= 4 is 18.2 Å². The smallest absolute Gasteiger partial charge is 0.124 e. The molecule has 2 rings (SSSR count). The molecule has 0 fully saturated rings. The molecule has 1 N–H and O–H groups in total. The fourth-order valence-electron chi connectivity index (χ4n) is 1.46. The summed E-state index contributed by atoms with van der Waals surface area (Å²) >= 11 is 0. The summed E-state index contributed by atoms with van der Waals surface area (Å²) < 4.78 is 6.97. The van der Waals surface area contributed by atoms with Crippen LogP contribution in [0.1, 0.15) is 18.9 Å². The molecule has 0 aliphatic carbocycles. The van der Waals surface area contributed by atoms with E-state index in [-0.39, 0.29) is 12.4 Å². The number of hydrogen-bond donors (Lipinski definition) is 1. The third-order valence-electron chi connectivity index (χ3n) is 2.21. The number of rotatable bonds is 5. The summed E-state index contributed by atoms with van der Waals surface area (Å²) in [6.07, 6.45) is 6.32. The maximum atomic E-state index is 5.00. The lowest BCUT2D eigenvalue weighted by atomic mass is 10.3. The molecule has 0 atom stereocenters. The molecule has 0 unspecified atom stereocenters. The van der Waals surface area contributed by atoms with Gasteiger partial charge < -0.3 is 9.73 Å². The Morgan fingerprint density at radius 1 is 1.44 bits per heavy atom. The molecule has 2 aromatic heterocycles. The predicted molar refractivity (Wildman–Crippen MR) is 65.8 cm³/mol. The van der Waals surface area contributed by atoms with Crippen molar-refractivity contribution in [2.75, 3.05) is 5.32 Å². The van der Waals surface area contributed by atoms with Gasteiger partial charge in [-0.2, -0.15) is 5.10 Å². The van der Waals surface area contributed by atoms with Crippen molar-refractivity contribution in [1.82, 2.24) is 9.78 Å². The standard InChI is InChI=1S/C11H15N3O.ClH/c1-2-6-14-11(3-5-13-14)12-8-10-4-7-15-9-10;/h3-5,7,9,12H,2,6,8H2,1H3;1H. The van der Waals surface area contributed by atoms with Crippen LogP contribution in [0.25, 0.3) is 0 Å². The Kier molecular flexibility index (Phi) is 4.92. The van der Waals surface area contributed by atoms with Crippen molar-refractivity contribution in [2.45, 2.75) is 26.4 Å². The Morgan fingerprint density at radius 2 is 2.31 bits per heavy atom. The van der Waals surface area contributed by atoms with Gasteiger partial charge in [-0.3, -0.25) is 0 Å². The third-order valence-corrected chi connectivity index (χ3v) is 2.21. The van der Waals surface area contributed by atoms with Crippen LogP contribution in [0.4, 0.5) is 5.82 Å². The third kappa shape index (κ3) is 3.03. The highest BCUT2D eigenvalue weighted by molar-refractivity contribution is 5.85. The fraction of sp³-hybridized carbons (Fsp3) is 0.364. The molecule has 0 amide bonds. The van der Waals surface area contributed by atoms with E-state index in [1.54, 1.807) is 12.5 Å². The summed E-state index contributed by atoms with van der Waals surface area (Å²) in [7, 11) is 0. The lowest BCUT2D eigenvalue weighted by Gasteiger charge is -2.07. The molecule has 0 saturated heterocycles. The molecule has 0 aromatic carbocycles. The summed E-state index contributed by atoms with van der Waals surface area (Å²) in [5.41, 5.74) is 1.14. The van der Waals surface area contributed by atoms with Crippen molar-refractivity contribution in [3.8, 4) is 0 Å². The maximum Gasteiger partial charge on any atom is 0.124 e. The lowest BCUT2D eigenvalue weighted by molar-refractivity contribution is 0.564. The molecule has 16 heavy (non-hydrogen) atoms. The predicted octanol–water partition coefficient (Wildman–Crippen LogP) is 2.92. The van der Waals surface area contributed by atoms with Crippen molar-refractivity contribution in [2.24, 2.45) is 0 Å². The molecule has 4 nitrogen and oxygen atoms in total. The number of aromatic nitrogens is 2. The van der Waals surface area contributed by atoms with E-state index in [9.17, 15) is 0 Å². The average Bonchev–Trinajstić information content (AvgIpc) is 2.85. The summed E-state index contributed by atoms with van der Waals surface area (Å²) in [4.78, 5) is 0. The number of halogens is 1. The van der Waals surface area contributed by atoms with Crippen molar-refractivity contribution in [3.05, 3.63) is 36.4 Å². The van der Waals surface area contributed by atoms with Gasteiger partial charge >= 0.3 is 0 Å². The van der Waals surface area contributed by atoms with E-state index in [2.05, 4.69) is 17.3 Å². The van der Waals surface area contributed by atoms with Crippen LogP contribution in [0.5, 0.6) is 0 Å². The maximum absolute atomic E-state index is 5.00. The zero-order chi connectivity index (χ0) is 10.5. The van der Waals surface area contributed by atoms with Gasteiger partial charge in [-0.1, -0.05) is 6.92 Å². The van der Waals surface area contributed by atoms with Gasteiger partial charge in [-0.15, -0.1) is 12.4 Å². The number of nitrogens with zero attached hydrogens (tertiary/aromatic N) is 2. The van der Waals surface area contributed by atoms with Gasteiger partial charge in [0.25, 0.3) is 0 Å². The highest BCUT2D eigenvalue weighted by Crippen LogP contribution is 2.09. The van der Waals surface area contributed by atoms with Gasteiger partial charge in [0.05, 0.1) is 18.7 Å². The molecular formula is C11H16ClN3O. The van der Waals surface area contributed by atoms with Gasteiger partial charge in [-0.25, -0.2) is 4.68 Å². The first-order valence-electron chi connectivity index (χ1n) is 5.17. The molecule has 0 radical (unpaired) electrons. The Bertz CT molecular complexity index is 397. The van der Waals surface area contributed by atoms with Crippen molar-refractivity contribution in [1.29, 1.82) is 0 Å². The second-order valence-corrected chi connectivity index (χ2v) is 3.42. The van der Waals surface area contributed by atoms with E-state index in [1.165, 1.54) is 0 Å². The molecule has 0 spiro atoms. The van der Waals surface area contributed by atoms with Crippen LogP contribution in [0.2, 0.25) is 0 Å². The zero-order valence-electron chi connectivity index (χ0n) is 9.22. The first-order chi connectivity index (χ1) is 7.40. The van der Waals surface area contributed by atoms with Gasteiger partial charge in [0.1, 0.15) is 5.82 Å². The Labute approximate surface area is 101 Å². The van der Waals surface area contributed by atoms with Crippen LogP contribution in [0.3, 0.4) is 0 Å². The van der Waals surface area contributed by atoms with E-state index in [0.717, 1.165) is 30.9 Å². The lowest BCUT2D eigenvalue weighted by Crippen LogP contribution is -2.07. The quantitative estimate of drug-likeness (QED) is 0.875. The van der Waals surface area contributed by atoms with E-state index in [1.807, 2.05) is 23.0 Å². The first-order valence-corrected chi connectivity index (χ1v) is 5.17. The zero-order valence-corrected chi connectivity index (χ0v) is 10.0. The highest BCUT2D eigenvalue weighted by atomic mass is 35.5. The SMILES string of the molecule is CCCn1nccc1NCc1ccoc1.Cl. The number of nitrogens with one attached hydrogen (secondary N) is 1. The number of anilines is 1. The number of furan rings is 1. The molecule has 88 valence electrons. The average molecular weight is 242 g/mol. The van der Waals surface area contributed by atoms with Crippen LogP contribution in [0.15, 0.2) is 35.3 Å². The summed E-state index contributed by atoms with van der Waals surface area (Å²) in [6.45, 7) is 3.86. The summed E-state index contributed by atoms with van der Waals surface area (Å²) in [6, 6.07) is 3.93. The minimum absolute atomic E-state index is 0. The Morgan fingerprint density at radius 3 is 3.00 bits per heavy atom. The minimum atomic E-state index is 0. The van der Waals surface area contributed by atoms with E-state index >= 15 is 0 Å². The van der Waals surface area contributed by atoms with Crippen molar-refractivity contribution in [3.63, 3.8) is 0 Å². The van der Waals surface area contributed by atoms with E-state index in [0.29, 0.717) is 0 Å². The molecule has 2 heterocycles. The normalized spacial score (nSPS) is 9.81. The number of hydrogen-bond acceptors (Lipinski definition) is 3. The molecule has 0 aliphatic rings. The number of aryl methyl sites for hydroxylation is 1. The molecule has 2 aromatic rings. The van der Waals surface area contributed by atoms with Crippen LogP contribution in [-0.2, 0) is 13.1 Å². The van der Waals surface area contributed by atoms with Gasteiger partial charge in [0.2, 0.25) is 0 Å². The second-order valence-electron chi connectivity index (χ2n) is 3.42. The molecule has 5 heteroatoms. The van der Waals surface area contributed by atoms with E-state index in [4.69, 9.17) is 4.42 Å². The van der Waals surface area contributed by atoms with Gasteiger partial charge in [-0.05, 0) is 12.5 Å². The minimum Gasteiger partial charge on any atom is -0.472 e. The summed E-state index contributed by atoms with van der Waals surface area (Å²) in [5, 5.41) is 7.56. The second kappa shape index (κ2) is 6.23. The van der Waals surface area contributed by atoms with Crippen molar-refractivity contribution < 1.29 is 4.42 Å². The largest absolute Gasteiger partial charge is 0.472 e. The van der Waals surface area contributed by atoms with E-state index < -0.39 is 0 Å². The molecular weight excluding hydrogens is 226 g/mol. The first kappa shape index (κ1) is 12.6. The van der Waals surface area contributed by atoms with Crippen LogP contribution in [0, 0.1) is 0 Å². The molecule has 0 bridgehead atoms. The molecule has 0 aliphatic heterocycles. The van der Waals surface area contributed by atoms with Crippen LogP contribution in [-0.4, -0.2) is 9.78 Å². The van der Waals surface area contributed by atoms with Gasteiger partial charge in [0.15, 0.2) is 0 Å². The summed E-state index contributed by atoms with van der Waals surface area (Å²) in [5.74, 6) is 1.05. The fourth-order valence-corrected chi connectivity index (χ4v) is 1.46. The highest BCUT2D eigenvalue weighted by Gasteiger charge is 2.00. The Balaban J connectivity index is 0.00000128.